The molecule has 168 valence electrons. The highest BCUT2D eigenvalue weighted by molar-refractivity contribution is 8.18. The van der Waals surface area contributed by atoms with Crippen LogP contribution in [-0.4, -0.2) is 65.4 Å². The summed E-state index contributed by atoms with van der Waals surface area (Å²) in [5, 5.41) is 2.11. The quantitative estimate of drug-likeness (QED) is 0.492. The molecule has 2 aliphatic rings. The predicted molar refractivity (Wildman–Crippen MR) is 120 cm³/mol. The second-order valence-electron chi connectivity index (χ2n) is 7.20. The molecule has 2 aromatic carbocycles. The number of nitrogens with one attached hydrogen (secondary N) is 1. The molecule has 0 aliphatic carbocycles. The van der Waals surface area contributed by atoms with Gasteiger partial charge in [0.15, 0.2) is 0 Å². The van der Waals surface area contributed by atoms with Gasteiger partial charge in [0.25, 0.3) is 23.0 Å². The fourth-order valence-corrected chi connectivity index (χ4v) is 4.30. The zero-order chi connectivity index (χ0) is 23.5. The van der Waals surface area contributed by atoms with Crippen LogP contribution in [0.1, 0.15) is 26.3 Å². The number of ether oxygens (including phenoxy) is 1. The number of carbonyl (C=O) groups is 5. The molecule has 0 aromatic heterocycles. The van der Waals surface area contributed by atoms with Crippen LogP contribution in [0.25, 0.3) is 6.08 Å². The summed E-state index contributed by atoms with van der Waals surface area (Å²) in [6, 6.07) is 13.4. The van der Waals surface area contributed by atoms with Crippen molar-refractivity contribution in [3.63, 3.8) is 0 Å². The third-order valence-corrected chi connectivity index (χ3v) is 6.03. The van der Waals surface area contributed by atoms with Crippen LogP contribution < -0.4 is 10.1 Å². The van der Waals surface area contributed by atoms with Crippen LogP contribution in [0.15, 0.2) is 53.4 Å². The molecule has 1 fully saturated rings. The number of thioether (sulfide) groups is 1. The number of hydrogen-bond acceptors (Lipinski definition) is 7. The fourth-order valence-electron chi connectivity index (χ4n) is 3.43. The van der Waals surface area contributed by atoms with Gasteiger partial charge in [-0.15, -0.1) is 0 Å². The van der Waals surface area contributed by atoms with Gasteiger partial charge in [-0.2, -0.15) is 0 Å². The lowest BCUT2D eigenvalue weighted by Gasteiger charge is -2.15. The molecule has 0 spiro atoms. The third kappa shape index (κ3) is 4.51. The molecule has 4 rings (SSSR count). The Morgan fingerprint density at radius 2 is 1.58 bits per heavy atom. The minimum atomic E-state index is -0.565. The van der Waals surface area contributed by atoms with Crippen molar-refractivity contribution < 1.29 is 28.7 Å². The smallest absolute Gasteiger partial charge is 0.293 e. The first kappa shape index (κ1) is 22.3. The molecular weight excluding hydrogens is 446 g/mol. The average Bonchev–Trinajstić information content (AvgIpc) is 3.22. The highest BCUT2D eigenvalue weighted by atomic mass is 32.2. The van der Waals surface area contributed by atoms with E-state index >= 15 is 0 Å². The lowest BCUT2D eigenvalue weighted by atomic mass is 10.1. The van der Waals surface area contributed by atoms with E-state index in [4.69, 9.17) is 4.74 Å². The van der Waals surface area contributed by atoms with Crippen molar-refractivity contribution in [3.8, 4) is 5.75 Å². The highest BCUT2D eigenvalue weighted by Crippen LogP contribution is 2.32. The number of benzene rings is 2. The molecule has 5 amide bonds. The summed E-state index contributed by atoms with van der Waals surface area (Å²) >= 11 is 0.822. The van der Waals surface area contributed by atoms with Crippen LogP contribution in [0.4, 0.5) is 4.79 Å². The Kier molecular flexibility index (Phi) is 6.27. The van der Waals surface area contributed by atoms with Crippen molar-refractivity contribution in [1.82, 2.24) is 15.1 Å². The number of hydrogen-bond donors (Lipinski definition) is 1. The first-order chi connectivity index (χ1) is 15.9. The molecular formula is C23H19N3O6S. The number of amides is 5. The highest BCUT2D eigenvalue weighted by Gasteiger charge is 2.37. The van der Waals surface area contributed by atoms with Gasteiger partial charge in [-0.1, -0.05) is 24.3 Å². The topological polar surface area (TPSA) is 113 Å². The van der Waals surface area contributed by atoms with Gasteiger partial charge in [0.05, 0.1) is 23.1 Å². The van der Waals surface area contributed by atoms with Gasteiger partial charge in [-0.3, -0.25) is 33.8 Å². The Balaban J connectivity index is 1.30. The molecule has 9 nitrogen and oxygen atoms in total. The molecule has 33 heavy (non-hydrogen) atoms. The molecule has 0 radical (unpaired) electrons. The van der Waals surface area contributed by atoms with E-state index in [2.05, 4.69) is 5.32 Å². The monoisotopic (exact) mass is 465 g/mol. The van der Waals surface area contributed by atoms with Crippen LogP contribution in [0.5, 0.6) is 5.75 Å². The zero-order valence-electron chi connectivity index (χ0n) is 17.6. The van der Waals surface area contributed by atoms with Crippen molar-refractivity contribution >= 4 is 46.7 Å². The summed E-state index contributed by atoms with van der Waals surface area (Å²) in [5.74, 6) is -1.39. The second-order valence-corrected chi connectivity index (χ2v) is 8.19. The molecule has 1 saturated heterocycles. The molecule has 2 aliphatic heterocycles. The van der Waals surface area contributed by atoms with E-state index in [1.54, 1.807) is 49.6 Å². The fraction of sp³-hybridized carbons (Fsp3) is 0.174. The predicted octanol–water partition coefficient (Wildman–Crippen LogP) is 2.14. The van der Waals surface area contributed by atoms with Gasteiger partial charge in [0.1, 0.15) is 12.3 Å². The molecule has 0 unspecified atom stereocenters. The minimum absolute atomic E-state index is 0.00411. The Morgan fingerprint density at radius 1 is 0.939 bits per heavy atom. The van der Waals surface area contributed by atoms with Gasteiger partial charge < -0.3 is 10.1 Å². The van der Waals surface area contributed by atoms with Gasteiger partial charge in [0.2, 0.25) is 5.91 Å². The Labute approximate surface area is 193 Å². The van der Waals surface area contributed by atoms with E-state index < -0.39 is 35.4 Å². The maximum atomic E-state index is 12.6. The lowest BCUT2D eigenvalue weighted by molar-refractivity contribution is -0.124. The normalized spacial score (nSPS) is 16.6. The van der Waals surface area contributed by atoms with Crippen molar-refractivity contribution in [1.29, 1.82) is 0 Å². The summed E-state index contributed by atoms with van der Waals surface area (Å²) in [5.41, 5.74) is 1.27. The van der Waals surface area contributed by atoms with Crippen LogP contribution in [0.3, 0.4) is 0 Å². The second kappa shape index (κ2) is 9.29. The number of methoxy groups -OCH3 is 1. The molecule has 0 bridgehead atoms. The van der Waals surface area contributed by atoms with Crippen LogP contribution in [0, 0.1) is 0 Å². The first-order valence-electron chi connectivity index (χ1n) is 10.0. The van der Waals surface area contributed by atoms with Crippen LogP contribution >= 0.6 is 11.8 Å². The van der Waals surface area contributed by atoms with Crippen molar-refractivity contribution in [2.75, 3.05) is 26.7 Å². The van der Waals surface area contributed by atoms with E-state index in [0.717, 1.165) is 27.1 Å². The number of nitrogens with zero attached hydrogens (tertiary/aromatic N) is 2. The molecule has 2 aromatic rings. The Hall–Kier alpha value is -3.92. The van der Waals surface area contributed by atoms with Gasteiger partial charge >= 0.3 is 0 Å². The van der Waals surface area contributed by atoms with Crippen molar-refractivity contribution in [2.24, 2.45) is 0 Å². The van der Waals surface area contributed by atoms with E-state index in [1.807, 2.05) is 0 Å². The summed E-state index contributed by atoms with van der Waals surface area (Å²) in [7, 11) is 1.55. The largest absolute Gasteiger partial charge is 0.497 e. The minimum Gasteiger partial charge on any atom is -0.497 e. The SMILES string of the molecule is COc1ccc(C=C2SC(=O)N(CCNC(=O)CN3C(=O)c4ccccc4C3=O)C2=O)cc1. The molecule has 0 saturated carbocycles. The summed E-state index contributed by atoms with van der Waals surface area (Å²) in [6.45, 7) is -0.472. The zero-order valence-corrected chi connectivity index (χ0v) is 18.4. The number of carbonyl (C=O) groups excluding carboxylic acids is 5. The summed E-state index contributed by atoms with van der Waals surface area (Å²) in [6.07, 6.45) is 1.62. The Bertz CT molecular complexity index is 1160. The lowest BCUT2D eigenvalue weighted by Crippen LogP contribution is -2.43. The van der Waals surface area contributed by atoms with Crippen LogP contribution in [0.2, 0.25) is 0 Å². The maximum Gasteiger partial charge on any atom is 0.293 e. The van der Waals surface area contributed by atoms with E-state index in [0.29, 0.717) is 5.75 Å². The van der Waals surface area contributed by atoms with Crippen LogP contribution in [-0.2, 0) is 9.59 Å². The first-order valence-corrected chi connectivity index (χ1v) is 10.8. The molecule has 1 N–H and O–H groups in total. The van der Waals surface area contributed by atoms with Crippen molar-refractivity contribution in [3.05, 3.63) is 70.1 Å². The Morgan fingerprint density at radius 3 is 2.18 bits per heavy atom. The molecule has 2 heterocycles. The van der Waals surface area contributed by atoms with Crippen molar-refractivity contribution in [2.45, 2.75) is 0 Å². The summed E-state index contributed by atoms with van der Waals surface area (Å²) < 4.78 is 5.10. The van der Waals surface area contributed by atoms with E-state index in [-0.39, 0.29) is 29.1 Å². The number of imide groups is 2. The van der Waals surface area contributed by atoms with Gasteiger partial charge in [0, 0.05) is 13.1 Å². The standard InChI is InChI=1S/C23H19N3O6S/c1-32-15-8-6-14(7-9-15)12-18-22(30)25(23(31)33-18)11-10-24-19(27)13-26-20(28)16-4-2-3-5-17(16)21(26)29/h2-9,12H,10-11,13H2,1H3,(H,24,27). The van der Waals surface area contributed by atoms with E-state index in [9.17, 15) is 24.0 Å². The van der Waals surface area contributed by atoms with E-state index in [1.165, 1.54) is 12.1 Å². The van der Waals surface area contributed by atoms with Gasteiger partial charge in [-0.05, 0) is 47.7 Å². The number of rotatable bonds is 7. The average molecular weight is 465 g/mol. The van der Waals surface area contributed by atoms with Gasteiger partial charge in [-0.25, -0.2) is 0 Å². The molecule has 10 heteroatoms. The number of fused-ring (bicyclic) bond motifs is 1. The summed E-state index contributed by atoms with van der Waals surface area (Å²) in [4.78, 5) is 64.0. The molecule has 0 atom stereocenters. The third-order valence-electron chi connectivity index (χ3n) is 5.12. The maximum absolute atomic E-state index is 12.6.